The van der Waals surface area contributed by atoms with Crippen LogP contribution in [0.4, 0.5) is 0 Å². The summed E-state index contributed by atoms with van der Waals surface area (Å²) in [6, 6.07) is 0. The largest absolute Gasteiger partial charge is 0.493 e. The van der Waals surface area contributed by atoms with E-state index in [2.05, 4.69) is 55.4 Å². The molecular formula is C23H42O. The standard InChI is InChI=1S/C21H36O.C2H6/c1-9-12-21(7,8)13-11-19-16(4)15(3)17(5)20(18(19)6)22-14-10-2;1-2/h9-14H2,1-8H3;1-2H3. The minimum atomic E-state index is 0.427. The van der Waals surface area contributed by atoms with Crippen molar-refractivity contribution >= 4 is 0 Å². The number of hydrogen-bond acceptors (Lipinski definition) is 1. The van der Waals surface area contributed by atoms with Gasteiger partial charge in [-0.3, -0.25) is 0 Å². The van der Waals surface area contributed by atoms with Gasteiger partial charge in [0.05, 0.1) is 6.61 Å². The zero-order valence-electron chi connectivity index (χ0n) is 18.2. The van der Waals surface area contributed by atoms with Gasteiger partial charge < -0.3 is 4.74 Å². The molecule has 0 radical (unpaired) electrons. The van der Waals surface area contributed by atoms with Crippen molar-refractivity contribution in [1.82, 2.24) is 0 Å². The molecule has 1 aromatic rings. The maximum absolute atomic E-state index is 6.07. The summed E-state index contributed by atoms with van der Waals surface area (Å²) in [7, 11) is 0. The molecule has 0 aliphatic rings. The van der Waals surface area contributed by atoms with Crippen molar-refractivity contribution in [2.24, 2.45) is 5.41 Å². The van der Waals surface area contributed by atoms with Gasteiger partial charge in [-0.25, -0.2) is 0 Å². The van der Waals surface area contributed by atoms with Crippen LogP contribution < -0.4 is 4.74 Å². The van der Waals surface area contributed by atoms with Crippen molar-refractivity contribution in [3.05, 3.63) is 27.8 Å². The third kappa shape index (κ3) is 6.15. The average Bonchev–Trinajstić information content (AvgIpc) is 2.54. The number of benzene rings is 1. The average molecular weight is 335 g/mol. The van der Waals surface area contributed by atoms with Crippen LogP contribution in [-0.2, 0) is 6.42 Å². The molecule has 0 spiro atoms. The summed E-state index contributed by atoms with van der Waals surface area (Å²) >= 11 is 0. The highest BCUT2D eigenvalue weighted by molar-refractivity contribution is 5.54. The van der Waals surface area contributed by atoms with Crippen molar-refractivity contribution in [3.63, 3.8) is 0 Å². The Morgan fingerprint density at radius 1 is 0.750 bits per heavy atom. The van der Waals surface area contributed by atoms with Crippen LogP contribution in [0.3, 0.4) is 0 Å². The van der Waals surface area contributed by atoms with Crippen molar-refractivity contribution < 1.29 is 4.74 Å². The highest BCUT2D eigenvalue weighted by Crippen LogP contribution is 2.36. The molecule has 0 N–H and O–H groups in total. The molecule has 0 aliphatic carbocycles. The summed E-state index contributed by atoms with van der Waals surface area (Å²) in [5.74, 6) is 1.13. The first-order chi connectivity index (χ1) is 11.2. The molecule has 1 aromatic carbocycles. The van der Waals surface area contributed by atoms with E-state index in [-0.39, 0.29) is 0 Å². The van der Waals surface area contributed by atoms with E-state index in [1.165, 1.54) is 47.1 Å². The fourth-order valence-electron chi connectivity index (χ4n) is 3.44. The van der Waals surface area contributed by atoms with E-state index in [1.807, 2.05) is 13.8 Å². The van der Waals surface area contributed by atoms with E-state index in [9.17, 15) is 0 Å². The van der Waals surface area contributed by atoms with Crippen LogP contribution in [0.2, 0.25) is 0 Å². The summed E-state index contributed by atoms with van der Waals surface area (Å²) in [6.07, 6.45) is 6.04. The van der Waals surface area contributed by atoms with Crippen LogP contribution in [0, 0.1) is 33.1 Å². The highest BCUT2D eigenvalue weighted by Gasteiger charge is 2.20. The minimum absolute atomic E-state index is 0.427. The molecule has 140 valence electrons. The molecular weight excluding hydrogens is 292 g/mol. The van der Waals surface area contributed by atoms with E-state index in [1.54, 1.807) is 0 Å². The normalized spacial score (nSPS) is 11.1. The van der Waals surface area contributed by atoms with Gasteiger partial charge >= 0.3 is 0 Å². The summed E-state index contributed by atoms with van der Waals surface area (Å²) in [4.78, 5) is 0. The fourth-order valence-corrected chi connectivity index (χ4v) is 3.44. The summed E-state index contributed by atoms with van der Waals surface area (Å²) in [6.45, 7) is 23.0. The summed E-state index contributed by atoms with van der Waals surface area (Å²) in [5, 5.41) is 0. The Bertz CT molecular complexity index is 497. The van der Waals surface area contributed by atoms with Crippen LogP contribution in [0.25, 0.3) is 0 Å². The molecule has 0 saturated carbocycles. The predicted octanol–water partition coefficient (Wildman–Crippen LogP) is 7.49. The minimum Gasteiger partial charge on any atom is -0.493 e. The van der Waals surface area contributed by atoms with Gasteiger partial charge in [0.25, 0.3) is 0 Å². The first-order valence-corrected chi connectivity index (χ1v) is 9.97. The van der Waals surface area contributed by atoms with Gasteiger partial charge in [0.15, 0.2) is 0 Å². The van der Waals surface area contributed by atoms with Gasteiger partial charge in [0.1, 0.15) is 5.75 Å². The number of hydrogen-bond donors (Lipinski definition) is 0. The van der Waals surface area contributed by atoms with Crippen LogP contribution >= 0.6 is 0 Å². The summed E-state index contributed by atoms with van der Waals surface area (Å²) < 4.78 is 6.07. The van der Waals surface area contributed by atoms with E-state index in [0.29, 0.717) is 5.41 Å². The van der Waals surface area contributed by atoms with Gasteiger partial charge in [-0.15, -0.1) is 0 Å². The van der Waals surface area contributed by atoms with Crippen LogP contribution in [0.5, 0.6) is 5.75 Å². The maximum Gasteiger partial charge on any atom is 0.125 e. The Kier molecular flexibility index (Phi) is 10.4. The molecule has 0 heterocycles. The Morgan fingerprint density at radius 3 is 1.83 bits per heavy atom. The molecule has 0 aliphatic heterocycles. The topological polar surface area (TPSA) is 9.23 Å². The Labute approximate surface area is 152 Å². The molecule has 0 fully saturated rings. The Hall–Kier alpha value is -0.980. The lowest BCUT2D eigenvalue weighted by atomic mass is 9.80. The fraction of sp³-hybridized carbons (Fsp3) is 0.739. The number of rotatable bonds is 8. The summed E-state index contributed by atoms with van der Waals surface area (Å²) in [5.41, 5.74) is 7.49. The quantitative estimate of drug-likeness (QED) is 0.478. The second-order valence-corrected chi connectivity index (χ2v) is 7.57. The van der Waals surface area contributed by atoms with Crippen LogP contribution in [-0.4, -0.2) is 6.61 Å². The van der Waals surface area contributed by atoms with Crippen molar-refractivity contribution in [1.29, 1.82) is 0 Å². The zero-order valence-corrected chi connectivity index (χ0v) is 18.2. The van der Waals surface area contributed by atoms with Gasteiger partial charge in [-0.1, -0.05) is 48.0 Å². The smallest absolute Gasteiger partial charge is 0.125 e. The monoisotopic (exact) mass is 334 g/mol. The maximum atomic E-state index is 6.07. The highest BCUT2D eigenvalue weighted by atomic mass is 16.5. The lowest BCUT2D eigenvalue weighted by Crippen LogP contribution is -2.14. The lowest BCUT2D eigenvalue weighted by molar-refractivity contribution is 0.301. The Morgan fingerprint density at radius 2 is 1.33 bits per heavy atom. The van der Waals surface area contributed by atoms with E-state index in [0.717, 1.165) is 25.2 Å². The van der Waals surface area contributed by atoms with Crippen LogP contribution in [0.1, 0.15) is 95.0 Å². The molecule has 0 bridgehead atoms. The number of ether oxygens (including phenoxy) is 1. The van der Waals surface area contributed by atoms with Gasteiger partial charge in [-0.05, 0) is 86.6 Å². The van der Waals surface area contributed by atoms with Gasteiger partial charge in [0.2, 0.25) is 0 Å². The van der Waals surface area contributed by atoms with Crippen molar-refractivity contribution in [2.45, 2.75) is 101 Å². The van der Waals surface area contributed by atoms with Crippen LogP contribution in [0.15, 0.2) is 0 Å². The van der Waals surface area contributed by atoms with E-state index in [4.69, 9.17) is 4.74 Å². The SMILES string of the molecule is CC.CCCOc1c(C)c(C)c(C)c(CCC(C)(C)CCC)c1C. The first kappa shape index (κ1) is 23.0. The molecule has 0 unspecified atom stereocenters. The van der Waals surface area contributed by atoms with Gasteiger partial charge in [0, 0.05) is 0 Å². The van der Waals surface area contributed by atoms with Gasteiger partial charge in [-0.2, -0.15) is 0 Å². The molecule has 1 rings (SSSR count). The van der Waals surface area contributed by atoms with Crippen molar-refractivity contribution in [3.8, 4) is 5.75 Å². The zero-order chi connectivity index (χ0) is 18.9. The molecule has 0 amide bonds. The molecule has 1 nitrogen and oxygen atoms in total. The first-order valence-electron chi connectivity index (χ1n) is 9.97. The van der Waals surface area contributed by atoms with Crippen molar-refractivity contribution in [2.75, 3.05) is 6.61 Å². The second kappa shape index (κ2) is 10.8. The lowest BCUT2D eigenvalue weighted by Gasteiger charge is -2.26. The molecule has 0 atom stereocenters. The van der Waals surface area contributed by atoms with E-state index < -0.39 is 0 Å². The second-order valence-electron chi connectivity index (χ2n) is 7.57. The molecule has 0 saturated heterocycles. The predicted molar refractivity (Wildman–Crippen MR) is 110 cm³/mol. The van der Waals surface area contributed by atoms with E-state index >= 15 is 0 Å². The third-order valence-electron chi connectivity index (χ3n) is 5.14. The molecule has 24 heavy (non-hydrogen) atoms. The Balaban J connectivity index is 0.00000254. The molecule has 0 aromatic heterocycles. The third-order valence-corrected chi connectivity index (χ3v) is 5.14. The molecule has 1 heteroatoms.